The quantitative estimate of drug-likeness (QED) is 0.237. The lowest BCUT2D eigenvalue weighted by molar-refractivity contribution is -0.145. The summed E-state index contributed by atoms with van der Waals surface area (Å²) in [5, 5.41) is 10.4. The van der Waals surface area contributed by atoms with Crippen molar-refractivity contribution in [2.75, 3.05) is 5.33 Å². The Morgan fingerprint density at radius 2 is 1.13 bits per heavy atom. The lowest BCUT2D eigenvalue weighted by atomic mass is 9.78. The molecule has 0 fully saturated rings. The fraction of sp³-hybridized carbons (Fsp3) is 0.950. The third-order valence-electron chi connectivity index (χ3n) is 4.72. The average Bonchev–Trinajstić information content (AvgIpc) is 2.46. The minimum absolute atomic E-state index is 0.125. The van der Waals surface area contributed by atoms with Crippen LogP contribution in [0.15, 0.2) is 0 Å². The molecule has 138 valence electrons. The standard InChI is InChI=1S/C20H39BrO2/c1-20(2,3)18(19(22)23)16-14-12-10-8-6-4-5-7-9-11-13-15-17-21/h18H,4-17H2,1-3H3,(H,22,23). The molecule has 0 saturated heterocycles. The van der Waals surface area contributed by atoms with Gasteiger partial charge in [-0.2, -0.15) is 0 Å². The number of aliphatic carboxylic acids is 1. The van der Waals surface area contributed by atoms with Crippen LogP contribution >= 0.6 is 15.9 Å². The SMILES string of the molecule is CC(C)(C)C(CCCCCCCCCCCCCCBr)C(=O)O. The first-order valence-corrected chi connectivity index (χ1v) is 10.8. The predicted molar refractivity (Wildman–Crippen MR) is 104 cm³/mol. The Balaban J connectivity index is 3.38. The molecule has 1 N–H and O–H groups in total. The van der Waals surface area contributed by atoms with Gasteiger partial charge in [0.25, 0.3) is 0 Å². The zero-order chi connectivity index (χ0) is 17.6. The van der Waals surface area contributed by atoms with E-state index in [2.05, 4.69) is 15.9 Å². The Labute approximate surface area is 152 Å². The number of rotatable bonds is 15. The number of carbonyl (C=O) groups is 1. The molecule has 0 bridgehead atoms. The summed E-state index contributed by atoms with van der Waals surface area (Å²) in [5.41, 5.74) is -0.125. The van der Waals surface area contributed by atoms with Gasteiger partial charge in [-0.25, -0.2) is 0 Å². The first-order valence-electron chi connectivity index (χ1n) is 9.68. The maximum absolute atomic E-state index is 11.3. The van der Waals surface area contributed by atoms with Crippen molar-refractivity contribution in [1.29, 1.82) is 0 Å². The molecule has 0 aromatic rings. The number of carboxylic acids is 1. The second-order valence-corrected chi connectivity index (χ2v) is 8.77. The summed E-state index contributed by atoms with van der Waals surface area (Å²) in [6.45, 7) is 6.10. The van der Waals surface area contributed by atoms with Gasteiger partial charge in [-0.1, -0.05) is 107 Å². The van der Waals surface area contributed by atoms with Crippen LogP contribution in [0.2, 0.25) is 0 Å². The van der Waals surface area contributed by atoms with Crippen molar-refractivity contribution >= 4 is 21.9 Å². The number of halogens is 1. The molecular weight excluding hydrogens is 352 g/mol. The third kappa shape index (κ3) is 14.0. The van der Waals surface area contributed by atoms with Crippen LogP contribution < -0.4 is 0 Å². The molecule has 23 heavy (non-hydrogen) atoms. The van der Waals surface area contributed by atoms with E-state index in [1.165, 1.54) is 70.6 Å². The average molecular weight is 391 g/mol. The van der Waals surface area contributed by atoms with Gasteiger partial charge in [-0.05, 0) is 18.3 Å². The van der Waals surface area contributed by atoms with E-state index >= 15 is 0 Å². The van der Waals surface area contributed by atoms with Gasteiger partial charge in [-0.15, -0.1) is 0 Å². The van der Waals surface area contributed by atoms with E-state index in [0.29, 0.717) is 0 Å². The summed E-state index contributed by atoms with van der Waals surface area (Å²) in [7, 11) is 0. The van der Waals surface area contributed by atoms with Crippen molar-refractivity contribution in [3.05, 3.63) is 0 Å². The van der Waals surface area contributed by atoms with Gasteiger partial charge in [0.2, 0.25) is 0 Å². The van der Waals surface area contributed by atoms with Gasteiger partial charge in [0.05, 0.1) is 5.92 Å². The normalized spacial score (nSPS) is 13.2. The van der Waals surface area contributed by atoms with Crippen LogP contribution in [-0.4, -0.2) is 16.4 Å². The number of carboxylic acid groups (broad SMARTS) is 1. The highest BCUT2D eigenvalue weighted by Crippen LogP contribution is 2.30. The molecule has 0 aliphatic rings. The van der Waals surface area contributed by atoms with E-state index in [9.17, 15) is 9.90 Å². The summed E-state index contributed by atoms with van der Waals surface area (Å²) in [6, 6.07) is 0. The van der Waals surface area contributed by atoms with E-state index in [-0.39, 0.29) is 11.3 Å². The van der Waals surface area contributed by atoms with Crippen LogP contribution in [0.5, 0.6) is 0 Å². The van der Waals surface area contributed by atoms with Gasteiger partial charge >= 0.3 is 5.97 Å². The molecule has 0 aliphatic heterocycles. The lowest BCUT2D eigenvalue weighted by Crippen LogP contribution is -2.28. The number of alkyl halides is 1. The smallest absolute Gasteiger partial charge is 0.307 e. The number of hydrogen-bond donors (Lipinski definition) is 1. The molecule has 1 atom stereocenters. The third-order valence-corrected chi connectivity index (χ3v) is 5.28. The number of hydrogen-bond acceptors (Lipinski definition) is 1. The van der Waals surface area contributed by atoms with Crippen molar-refractivity contribution < 1.29 is 9.90 Å². The topological polar surface area (TPSA) is 37.3 Å². The maximum atomic E-state index is 11.3. The minimum atomic E-state index is -0.631. The van der Waals surface area contributed by atoms with E-state index in [1.54, 1.807) is 0 Å². The highest BCUT2D eigenvalue weighted by Gasteiger charge is 2.30. The molecule has 0 heterocycles. The van der Waals surface area contributed by atoms with E-state index in [4.69, 9.17) is 0 Å². The Bertz CT molecular complexity index is 284. The second-order valence-electron chi connectivity index (χ2n) is 7.98. The molecule has 0 amide bonds. The van der Waals surface area contributed by atoms with Gasteiger partial charge < -0.3 is 5.11 Å². The molecule has 0 radical (unpaired) electrons. The Morgan fingerprint density at radius 1 is 0.783 bits per heavy atom. The van der Waals surface area contributed by atoms with E-state index in [1.807, 2.05) is 20.8 Å². The van der Waals surface area contributed by atoms with Crippen LogP contribution in [0, 0.1) is 11.3 Å². The van der Waals surface area contributed by atoms with Crippen LogP contribution in [0.3, 0.4) is 0 Å². The highest BCUT2D eigenvalue weighted by atomic mass is 79.9. The Kier molecular flexibility index (Phi) is 14.3. The van der Waals surface area contributed by atoms with Crippen molar-refractivity contribution in [2.45, 2.75) is 104 Å². The fourth-order valence-corrected chi connectivity index (χ4v) is 3.53. The number of unbranched alkanes of at least 4 members (excludes halogenated alkanes) is 11. The highest BCUT2D eigenvalue weighted by molar-refractivity contribution is 9.09. The summed E-state index contributed by atoms with van der Waals surface area (Å²) < 4.78 is 0. The molecule has 0 rings (SSSR count). The first kappa shape index (κ1) is 22.9. The molecule has 0 aliphatic carbocycles. The molecule has 2 nitrogen and oxygen atoms in total. The molecule has 0 saturated carbocycles. The first-order chi connectivity index (χ1) is 10.9. The van der Waals surface area contributed by atoms with Gasteiger partial charge in [0.1, 0.15) is 0 Å². The van der Waals surface area contributed by atoms with Gasteiger partial charge in [0, 0.05) is 5.33 Å². The Morgan fingerprint density at radius 3 is 1.43 bits per heavy atom. The predicted octanol–water partition coefficient (Wildman–Crippen LogP) is 7.20. The van der Waals surface area contributed by atoms with Gasteiger partial charge in [-0.3, -0.25) is 4.79 Å². The Hall–Kier alpha value is -0.0500. The monoisotopic (exact) mass is 390 g/mol. The van der Waals surface area contributed by atoms with Crippen molar-refractivity contribution in [2.24, 2.45) is 11.3 Å². The molecule has 0 spiro atoms. The van der Waals surface area contributed by atoms with E-state index < -0.39 is 5.97 Å². The molecule has 1 unspecified atom stereocenters. The van der Waals surface area contributed by atoms with E-state index in [0.717, 1.165) is 18.2 Å². The summed E-state index contributed by atoms with van der Waals surface area (Å²) >= 11 is 3.47. The van der Waals surface area contributed by atoms with Crippen molar-refractivity contribution in [3.8, 4) is 0 Å². The summed E-state index contributed by atoms with van der Waals surface area (Å²) in [5.74, 6) is -0.833. The molecule has 0 aromatic carbocycles. The van der Waals surface area contributed by atoms with Crippen LogP contribution in [0.25, 0.3) is 0 Å². The minimum Gasteiger partial charge on any atom is -0.481 e. The van der Waals surface area contributed by atoms with Crippen molar-refractivity contribution in [3.63, 3.8) is 0 Å². The molecule has 3 heteroatoms. The molecule has 0 aromatic heterocycles. The van der Waals surface area contributed by atoms with Crippen LogP contribution in [-0.2, 0) is 4.79 Å². The second kappa shape index (κ2) is 14.3. The van der Waals surface area contributed by atoms with Gasteiger partial charge in [0.15, 0.2) is 0 Å². The summed E-state index contributed by atoms with van der Waals surface area (Å²) in [6.07, 6.45) is 16.6. The molecular formula is C20H39BrO2. The zero-order valence-electron chi connectivity index (χ0n) is 15.7. The lowest BCUT2D eigenvalue weighted by Gasteiger charge is -2.26. The van der Waals surface area contributed by atoms with Crippen LogP contribution in [0.1, 0.15) is 104 Å². The largest absolute Gasteiger partial charge is 0.481 e. The zero-order valence-corrected chi connectivity index (χ0v) is 17.3. The summed E-state index contributed by atoms with van der Waals surface area (Å²) in [4.78, 5) is 11.3. The fourth-order valence-electron chi connectivity index (χ4n) is 3.14. The van der Waals surface area contributed by atoms with Crippen molar-refractivity contribution in [1.82, 2.24) is 0 Å². The van der Waals surface area contributed by atoms with Crippen LogP contribution in [0.4, 0.5) is 0 Å². The maximum Gasteiger partial charge on any atom is 0.307 e.